The smallest absolute Gasteiger partial charge is 0.226 e. The van der Waals surface area contributed by atoms with Crippen molar-refractivity contribution in [2.45, 2.75) is 118 Å². The Morgan fingerprint density at radius 1 is 0.886 bits per heavy atom. The summed E-state index contributed by atoms with van der Waals surface area (Å²) in [5, 5.41) is 26.0. The molecule has 0 radical (unpaired) electrons. The summed E-state index contributed by atoms with van der Waals surface area (Å²) in [6.07, 6.45) is 21.1. The van der Waals surface area contributed by atoms with Crippen molar-refractivity contribution >= 4 is 33.5 Å². The van der Waals surface area contributed by atoms with Crippen LogP contribution in [0.1, 0.15) is 118 Å². The number of aliphatic carboxylic acids is 1. The summed E-state index contributed by atoms with van der Waals surface area (Å²) in [6.45, 7) is 8.02. The number of rotatable bonds is 20. The number of carboxylic acid groups (broad SMARTS) is 1. The Labute approximate surface area is 216 Å². The van der Waals surface area contributed by atoms with Gasteiger partial charge in [-0.15, -0.1) is 10.2 Å². The molecule has 1 amide bonds. The molecule has 7 nitrogen and oxygen atoms in total. The van der Waals surface area contributed by atoms with Crippen LogP contribution in [-0.2, 0) is 9.59 Å². The first-order chi connectivity index (χ1) is 16.7. The molecule has 1 atom stereocenters. The van der Waals surface area contributed by atoms with E-state index in [0.29, 0.717) is 16.7 Å². The molecule has 0 fully saturated rings. The first kappa shape index (κ1) is 31.1. The Bertz CT molecular complexity index is 743. The van der Waals surface area contributed by atoms with Gasteiger partial charge in [0.1, 0.15) is 0 Å². The monoisotopic (exact) mass is 507 g/mol. The summed E-state index contributed by atoms with van der Waals surface area (Å²) in [6, 6.07) is 0. The van der Waals surface area contributed by atoms with E-state index >= 15 is 0 Å². The fraction of sp³-hybridized carbons (Fsp3) is 0.778. The molecule has 0 spiro atoms. The third-order valence-electron chi connectivity index (χ3n) is 6.12. The normalized spacial score (nSPS) is 12.7. The lowest BCUT2D eigenvalue weighted by Crippen LogP contribution is -2.42. The molecule has 8 heteroatoms. The molecular formula is C27H47N4O3S-. The summed E-state index contributed by atoms with van der Waals surface area (Å²) in [5.41, 5.74) is -0.433. The van der Waals surface area contributed by atoms with E-state index in [4.69, 9.17) is 0 Å². The van der Waals surface area contributed by atoms with Crippen LogP contribution in [0.25, 0.3) is 0 Å². The number of hydrogen-bond donors (Lipinski definition) is 2. The number of allylic oxidation sites excluding steroid dienone is 2. The molecule has 1 unspecified atom stereocenters. The van der Waals surface area contributed by atoms with Gasteiger partial charge < -0.3 is 20.5 Å². The zero-order valence-corrected chi connectivity index (χ0v) is 23.2. The van der Waals surface area contributed by atoms with Gasteiger partial charge in [-0.2, -0.15) is 0 Å². The zero-order valence-electron chi connectivity index (χ0n) is 22.4. The number of unbranched alkanes of at least 4 members (excludes halogenated alkanes) is 11. The topological polar surface area (TPSA) is 107 Å². The predicted molar refractivity (Wildman–Crippen MR) is 144 cm³/mol. The van der Waals surface area contributed by atoms with E-state index in [-0.39, 0.29) is 12.5 Å². The average Bonchev–Trinajstić information content (AvgIpc) is 3.22. The van der Waals surface area contributed by atoms with Crippen LogP contribution in [0.3, 0.4) is 0 Å². The van der Waals surface area contributed by atoms with E-state index in [1.54, 1.807) is 0 Å². The van der Waals surface area contributed by atoms with Gasteiger partial charge in [0.15, 0.2) is 0 Å². The van der Waals surface area contributed by atoms with Crippen molar-refractivity contribution in [3.8, 4) is 0 Å². The maximum atomic E-state index is 12.2. The van der Waals surface area contributed by atoms with Crippen molar-refractivity contribution in [1.82, 2.24) is 10.2 Å². The predicted octanol–water partition coefficient (Wildman–Crippen LogP) is 6.34. The Morgan fingerprint density at radius 3 is 2.00 bits per heavy atom. The molecule has 0 saturated carbocycles. The summed E-state index contributed by atoms with van der Waals surface area (Å²) >= 11 is 1.20. The Hall–Kier alpha value is -1.96. The van der Waals surface area contributed by atoms with Crippen LogP contribution < -0.4 is 15.7 Å². The van der Waals surface area contributed by atoms with Crippen molar-refractivity contribution in [2.24, 2.45) is 11.3 Å². The Morgan fingerprint density at radius 2 is 1.43 bits per heavy atom. The fourth-order valence-corrected chi connectivity index (χ4v) is 4.48. The van der Waals surface area contributed by atoms with Crippen molar-refractivity contribution in [3.05, 3.63) is 12.2 Å². The minimum atomic E-state index is -1.09. The minimum Gasteiger partial charge on any atom is -0.550 e. The van der Waals surface area contributed by atoms with Crippen LogP contribution in [-0.4, -0.2) is 28.6 Å². The van der Waals surface area contributed by atoms with Gasteiger partial charge >= 0.3 is 0 Å². The highest BCUT2D eigenvalue weighted by atomic mass is 32.1. The van der Waals surface area contributed by atoms with E-state index in [1.807, 2.05) is 20.8 Å². The number of nitrogens with zero attached hydrogens (tertiary/aromatic N) is 2. The lowest BCUT2D eigenvalue weighted by atomic mass is 9.81. The standard InChI is InChI=1S/C27H48N4O3S/c1-5-6-7-8-9-10-11-12-13-14-15-16-17-18-19-20-23(32)29-26-31-30-25(35-26)28-21-22(24(33)34)27(2,3)4/h12-13,22H,5-11,14-21H2,1-4H3,(H,28,30)(H,33,34)(H,29,31,32)/p-1/b13-12+. The molecule has 1 aromatic rings. The Balaban J connectivity index is 2.07. The van der Waals surface area contributed by atoms with Crippen molar-refractivity contribution in [2.75, 3.05) is 17.2 Å². The van der Waals surface area contributed by atoms with Gasteiger partial charge in [0, 0.05) is 24.9 Å². The van der Waals surface area contributed by atoms with Gasteiger partial charge in [0.25, 0.3) is 0 Å². The number of amides is 1. The summed E-state index contributed by atoms with van der Waals surface area (Å²) in [4.78, 5) is 23.5. The number of anilines is 2. The zero-order chi connectivity index (χ0) is 25.9. The SMILES string of the molecule is CCCCCCCC/C=C/CCCCCCCC(=O)Nc1nnc(NCC(C(=O)[O-])C(C)(C)C)s1. The van der Waals surface area contributed by atoms with Gasteiger partial charge in [0.2, 0.25) is 16.2 Å². The van der Waals surface area contributed by atoms with Crippen LogP contribution in [0.2, 0.25) is 0 Å². The van der Waals surface area contributed by atoms with Crippen molar-refractivity contribution in [1.29, 1.82) is 0 Å². The molecule has 0 aliphatic heterocycles. The van der Waals surface area contributed by atoms with Gasteiger partial charge in [-0.05, 0) is 37.5 Å². The molecule has 0 aliphatic rings. The maximum absolute atomic E-state index is 12.2. The van der Waals surface area contributed by atoms with E-state index in [9.17, 15) is 14.7 Å². The lowest BCUT2D eigenvalue weighted by molar-refractivity contribution is -0.314. The fourth-order valence-electron chi connectivity index (χ4n) is 3.82. The second kappa shape index (κ2) is 18.3. The van der Waals surface area contributed by atoms with E-state index in [1.165, 1.54) is 69.1 Å². The number of carboxylic acids is 1. The second-order valence-electron chi connectivity index (χ2n) is 10.4. The molecule has 1 heterocycles. The highest BCUT2D eigenvalue weighted by molar-refractivity contribution is 7.19. The summed E-state index contributed by atoms with van der Waals surface area (Å²) in [5.74, 6) is -1.82. The third kappa shape index (κ3) is 15.6. The van der Waals surface area contributed by atoms with Crippen LogP contribution in [0.4, 0.5) is 10.3 Å². The van der Waals surface area contributed by atoms with E-state index in [2.05, 4.69) is 39.9 Å². The quantitative estimate of drug-likeness (QED) is 0.158. The van der Waals surface area contributed by atoms with Gasteiger partial charge in [-0.1, -0.05) is 103 Å². The van der Waals surface area contributed by atoms with E-state index in [0.717, 1.165) is 25.7 Å². The number of carbonyl (C=O) groups is 2. The molecule has 35 heavy (non-hydrogen) atoms. The number of nitrogens with one attached hydrogen (secondary N) is 2. The molecule has 0 aromatic carbocycles. The van der Waals surface area contributed by atoms with Crippen molar-refractivity contribution in [3.63, 3.8) is 0 Å². The Kier molecular flexibility index (Phi) is 16.3. The van der Waals surface area contributed by atoms with Crippen LogP contribution >= 0.6 is 11.3 Å². The number of aromatic nitrogens is 2. The summed E-state index contributed by atoms with van der Waals surface area (Å²) < 4.78 is 0. The summed E-state index contributed by atoms with van der Waals surface area (Å²) in [7, 11) is 0. The third-order valence-corrected chi connectivity index (χ3v) is 6.92. The highest BCUT2D eigenvalue weighted by Crippen LogP contribution is 2.27. The molecular weight excluding hydrogens is 460 g/mol. The lowest BCUT2D eigenvalue weighted by Gasteiger charge is -2.31. The van der Waals surface area contributed by atoms with Gasteiger partial charge in [-0.25, -0.2) is 0 Å². The largest absolute Gasteiger partial charge is 0.550 e. The highest BCUT2D eigenvalue weighted by Gasteiger charge is 2.26. The molecule has 1 rings (SSSR count). The number of carbonyl (C=O) groups excluding carboxylic acids is 2. The number of hydrogen-bond acceptors (Lipinski definition) is 7. The first-order valence-corrected chi connectivity index (χ1v) is 14.3. The minimum absolute atomic E-state index is 0.0624. The average molecular weight is 508 g/mol. The van der Waals surface area contributed by atoms with E-state index < -0.39 is 17.3 Å². The molecule has 200 valence electrons. The van der Waals surface area contributed by atoms with Crippen LogP contribution in [0.5, 0.6) is 0 Å². The van der Waals surface area contributed by atoms with Crippen LogP contribution in [0, 0.1) is 11.3 Å². The van der Waals surface area contributed by atoms with Crippen LogP contribution in [0.15, 0.2) is 12.2 Å². The maximum Gasteiger partial charge on any atom is 0.226 e. The van der Waals surface area contributed by atoms with Crippen molar-refractivity contribution < 1.29 is 14.7 Å². The molecule has 1 aromatic heterocycles. The molecule has 0 saturated heterocycles. The first-order valence-electron chi connectivity index (χ1n) is 13.5. The molecule has 0 bridgehead atoms. The molecule has 0 aliphatic carbocycles. The van der Waals surface area contributed by atoms with Gasteiger partial charge in [-0.3, -0.25) is 4.79 Å². The van der Waals surface area contributed by atoms with Gasteiger partial charge in [0.05, 0.1) is 0 Å². The molecule has 2 N–H and O–H groups in total. The second-order valence-corrected chi connectivity index (χ2v) is 11.4.